The normalized spacial score (nSPS) is 11.3. The summed E-state index contributed by atoms with van der Waals surface area (Å²) in [5.41, 5.74) is -0.0352. The van der Waals surface area contributed by atoms with Crippen LogP contribution >= 0.6 is 22.7 Å². The summed E-state index contributed by atoms with van der Waals surface area (Å²) in [7, 11) is 0. The molecule has 11 heteroatoms. The first-order valence-corrected chi connectivity index (χ1v) is 11.2. The van der Waals surface area contributed by atoms with E-state index in [1.54, 1.807) is 32.3 Å². The third-order valence-corrected chi connectivity index (χ3v) is 5.52. The summed E-state index contributed by atoms with van der Waals surface area (Å²) >= 11 is 2.68. The smallest absolute Gasteiger partial charge is 0.407 e. The summed E-state index contributed by atoms with van der Waals surface area (Å²) in [6.45, 7) is 9.57. The number of hydrogen-bond donors (Lipinski definition) is 3. The molecule has 0 bridgehead atoms. The molecule has 2 aromatic heterocycles. The number of amides is 3. The van der Waals surface area contributed by atoms with Crippen molar-refractivity contribution < 1.29 is 19.1 Å². The van der Waals surface area contributed by atoms with Crippen molar-refractivity contribution in [1.82, 2.24) is 15.3 Å². The van der Waals surface area contributed by atoms with E-state index in [-0.39, 0.29) is 31.2 Å². The maximum Gasteiger partial charge on any atom is 0.407 e. The highest BCUT2D eigenvalue weighted by atomic mass is 32.1. The number of nitrogens with zero attached hydrogens (tertiary/aromatic N) is 2. The van der Waals surface area contributed by atoms with Crippen LogP contribution in [0.5, 0.6) is 0 Å². The lowest BCUT2D eigenvalue weighted by molar-refractivity contribution is -0.116. The first-order chi connectivity index (χ1) is 14.0. The monoisotopic (exact) mass is 453 g/mol. The molecule has 2 rings (SSSR count). The average molecular weight is 454 g/mol. The van der Waals surface area contributed by atoms with Gasteiger partial charge in [-0.1, -0.05) is 13.8 Å². The molecule has 2 aromatic rings. The summed E-state index contributed by atoms with van der Waals surface area (Å²) in [4.78, 5) is 45.3. The maximum absolute atomic E-state index is 12.2. The number of carbonyl (C=O) groups excluding carboxylic acids is 3. The van der Waals surface area contributed by atoms with Crippen LogP contribution in [0.15, 0.2) is 11.6 Å². The summed E-state index contributed by atoms with van der Waals surface area (Å²) in [6.07, 6.45) is 1.36. The second-order valence-corrected chi connectivity index (χ2v) is 9.74. The van der Waals surface area contributed by atoms with Gasteiger partial charge in [0.2, 0.25) is 11.8 Å². The van der Waals surface area contributed by atoms with Gasteiger partial charge in [0.25, 0.3) is 0 Å². The third-order valence-electron chi connectivity index (χ3n) is 3.50. The van der Waals surface area contributed by atoms with Crippen LogP contribution in [0.4, 0.5) is 15.1 Å². The molecule has 3 N–H and O–H groups in total. The van der Waals surface area contributed by atoms with Gasteiger partial charge >= 0.3 is 6.09 Å². The second-order valence-electron chi connectivity index (χ2n) is 7.82. The fraction of sp³-hybridized carbons (Fsp3) is 0.526. The zero-order chi connectivity index (χ0) is 22.3. The zero-order valence-electron chi connectivity index (χ0n) is 17.7. The Morgan fingerprint density at radius 1 is 1.13 bits per heavy atom. The van der Waals surface area contributed by atoms with E-state index in [9.17, 15) is 14.4 Å². The minimum atomic E-state index is -0.591. The van der Waals surface area contributed by atoms with Crippen LogP contribution in [-0.2, 0) is 20.7 Å². The molecular formula is C19H27N5O4S2. The van der Waals surface area contributed by atoms with Crippen LogP contribution in [-0.4, -0.2) is 40.0 Å². The van der Waals surface area contributed by atoms with E-state index >= 15 is 0 Å². The van der Waals surface area contributed by atoms with Gasteiger partial charge in [0, 0.05) is 29.4 Å². The minimum Gasteiger partial charge on any atom is -0.444 e. The Hall–Kier alpha value is -2.53. The molecule has 164 valence electrons. The van der Waals surface area contributed by atoms with Crippen LogP contribution in [0, 0.1) is 0 Å². The topological polar surface area (TPSA) is 122 Å². The zero-order valence-corrected chi connectivity index (χ0v) is 19.3. The standard InChI is InChI=1S/C19H27N5O4S2/c1-11(2)13-9-21-16(30-13)24-15(26)8-12-10-29-17(22-12)23-14(25)6-7-20-18(27)28-19(3,4)5/h9-11H,6-8H2,1-5H3,(H,20,27)(H,21,24,26)(H,22,23,25). The minimum absolute atomic E-state index is 0.0802. The van der Waals surface area contributed by atoms with Gasteiger partial charge in [-0.05, 0) is 26.7 Å². The Kier molecular flexibility index (Phi) is 8.30. The highest BCUT2D eigenvalue weighted by Crippen LogP contribution is 2.25. The molecule has 0 unspecified atom stereocenters. The molecule has 30 heavy (non-hydrogen) atoms. The number of alkyl carbamates (subject to hydrolysis) is 1. The lowest BCUT2D eigenvalue weighted by atomic mass is 10.2. The molecule has 3 amide bonds. The molecule has 0 aliphatic heterocycles. The van der Waals surface area contributed by atoms with Gasteiger partial charge in [-0.15, -0.1) is 22.7 Å². The number of carbonyl (C=O) groups is 3. The number of thiazole rings is 2. The Labute approximate surface area is 183 Å². The number of nitrogens with one attached hydrogen (secondary N) is 3. The molecule has 9 nitrogen and oxygen atoms in total. The van der Waals surface area contributed by atoms with Crippen molar-refractivity contribution in [3.05, 3.63) is 22.1 Å². The third kappa shape index (κ3) is 8.46. The predicted octanol–water partition coefficient (Wildman–Crippen LogP) is 3.76. The first kappa shape index (κ1) is 23.7. The molecule has 0 radical (unpaired) electrons. The summed E-state index contributed by atoms with van der Waals surface area (Å²) in [5, 5.41) is 10.6. The average Bonchev–Trinajstić information content (AvgIpc) is 3.22. The van der Waals surface area contributed by atoms with Crippen LogP contribution in [0.2, 0.25) is 0 Å². The van der Waals surface area contributed by atoms with Crippen molar-refractivity contribution in [2.24, 2.45) is 0 Å². The summed E-state index contributed by atoms with van der Waals surface area (Å²) in [6, 6.07) is 0. The molecular weight excluding hydrogens is 426 g/mol. The number of rotatable bonds is 8. The van der Waals surface area contributed by atoms with Crippen molar-refractivity contribution in [1.29, 1.82) is 0 Å². The van der Waals surface area contributed by atoms with Crippen LogP contribution in [0.1, 0.15) is 57.5 Å². The van der Waals surface area contributed by atoms with Gasteiger partial charge in [-0.25, -0.2) is 14.8 Å². The van der Waals surface area contributed by atoms with Gasteiger partial charge < -0.3 is 20.7 Å². The Balaban J connectivity index is 1.74. The molecule has 2 heterocycles. The number of ether oxygens (including phenoxy) is 1. The molecule has 0 aliphatic carbocycles. The van der Waals surface area contributed by atoms with Gasteiger partial charge in [0.15, 0.2) is 10.3 Å². The van der Waals surface area contributed by atoms with Crippen LogP contribution < -0.4 is 16.0 Å². The van der Waals surface area contributed by atoms with E-state index in [2.05, 4.69) is 39.8 Å². The van der Waals surface area contributed by atoms with Crippen molar-refractivity contribution in [2.45, 2.75) is 59.0 Å². The number of anilines is 2. The van der Waals surface area contributed by atoms with Crippen molar-refractivity contribution in [3.8, 4) is 0 Å². The lowest BCUT2D eigenvalue weighted by Gasteiger charge is -2.19. The van der Waals surface area contributed by atoms with Crippen molar-refractivity contribution in [2.75, 3.05) is 17.2 Å². The first-order valence-electron chi connectivity index (χ1n) is 9.48. The maximum atomic E-state index is 12.2. The van der Waals surface area contributed by atoms with E-state index in [0.717, 1.165) is 4.88 Å². The van der Waals surface area contributed by atoms with E-state index < -0.39 is 11.7 Å². The lowest BCUT2D eigenvalue weighted by Crippen LogP contribution is -2.34. The van der Waals surface area contributed by atoms with E-state index in [4.69, 9.17) is 4.74 Å². The summed E-state index contributed by atoms with van der Waals surface area (Å²) in [5.74, 6) is -0.151. The fourth-order valence-corrected chi connectivity index (χ4v) is 3.72. The Morgan fingerprint density at radius 3 is 2.47 bits per heavy atom. The molecule has 0 saturated heterocycles. The Bertz CT molecular complexity index is 886. The largest absolute Gasteiger partial charge is 0.444 e. The number of aromatic nitrogens is 2. The Morgan fingerprint density at radius 2 is 1.83 bits per heavy atom. The van der Waals surface area contributed by atoms with Gasteiger partial charge in [0.05, 0.1) is 12.1 Å². The van der Waals surface area contributed by atoms with Gasteiger partial charge in [0.1, 0.15) is 5.60 Å². The van der Waals surface area contributed by atoms with E-state index in [0.29, 0.717) is 21.9 Å². The van der Waals surface area contributed by atoms with Gasteiger partial charge in [-0.3, -0.25) is 9.59 Å². The predicted molar refractivity (Wildman–Crippen MR) is 118 cm³/mol. The van der Waals surface area contributed by atoms with Crippen molar-refractivity contribution >= 4 is 50.8 Å². The van der Waals surface area contributed by atoms with Crippen molar-refractivity contribution in [3.63, 3.8) is 0 Å². The molecule has 0 fully saturated rings. The number of hydrogen-bond acceptors (Lipinski definition) is 8. The highest BCUT2D eigenvalue weighted by Gasteiger charge is 2.16. The fourth-order valence-electron chi connectivity index (χ4n) is 2.16. The molecule has 0 spiro atoms. The van der Waals surface area contributed by atoms with Gasteiger partial charge in [-0.2, -0.15) is 0 Å². The highest BCUT2D eigenvalue weighted by molar-refractivity contribution is 7.15. The molecule has 0 atom stereocenters. The SMILES string of the molecule is CC(C)c1cnc(NC(=O)Cc2csc(NC(=O)CCNC(=O)OC(C)(C)C)n2)s1. The second kappa shape index (κ2) is 10.5. The molecule has 0 aromatic carbocycles. The van der Waals surface area contributed by atoms with Crippen LogP contribution in [0.25, 0.3) is 0 Å². The van der Waals surface area contributed by atoms with E-state index in [1.807, 2.05) is 0 Å². The van der Waals surface area contributed by atoms with Crippen LogP contribution in [0.3, 0.4) is 0 Å². The molecule has 0 saturated carbocycles. The van der Waals surface area contributed by atoms with E-state index in [1.165, 1.54) is 22.7 Å². The quantitative estimate of drug-likeness (QED) is 0.559. The molecule has 0 aliphatic rings. The summed E-state index contributed by atoms with van der Waals surface area (Å²) < 4.78 is 5.10.